The van der Waals surface area contributed by atoms with Crippen LogP contribution in [0.5, 0.6) is 0 Å². The van der Waals surface area contributed by atoms with E-state index in [2.05, 4.69) is 18.7 Å². The molecular formula is C12H17NO2S. The fraction of sp³-hybridized carbons (Fsp3) is 0.417. The third kappa shape index (κ3) is 3.70. The SMILES string of the molecule is CCN(CC)c1cccc(CC=S(=O)=O)c1. The lowest BCUT2D eigenvalue weighted by atomic mass is 10.1. The number of nitrogens with zero attached hydrogens (tertiary/aromatic N) is 1. The second-order valence-corrected chi connectivity index (χ2v) is 4.33. The van der Waals surface area contributed by atoms with E-state index in [1.165, 1.54) is 5.37 Å². The van der Waals surface area contributed by atoms with Gasteiger partial charge in [0.2, 0.25) is 10.3 Å². The van der Waals surface area contributed by atoms with Crippen LogP contribution in [-0.4, -0.2) is 26.9 Å². The molecule has 1 aromatic carbocycles. The molecule has 0 aliphatic heterocycles. The van der Waals surface area contributed by atoms with Crippen molar-refractivity contribution in [1.82, 2.24) is 0 Å². The molecule has 4 heteroatoms. The van der Waals surface area contributed by atoms with Crippen LogP contribution < -0.4 is 4.90 Å². The first-order chi connectivity index (χ1) is 7.67. The molecule has 0 radical (unpaired) electrons. The highest BCUT2D eigenvalue weighted by molar-refractivity contribution is 7.71. The third-order valence-electron chi connectivity index (χ3n) is 2.49. The van der Waals surface area contributed by atoms with Crippen molar-refractivity contribution in [2.75, 3.05) is 18.0 Å². The smallest absolute Gasteiger partial charge is 0.210 e. The highest BCUT2D eigenvalue weighted by atomic mass is 32.2. The van der Waals surface area contributed by atoms with Gasteiger partial charge >= 0.3 is 0 Å². The van der Waals surface area contributed by atoms with Crippen LogP contribution in [0.2, 0.25) is 0 Å². The van der Waals surface area contributed by atoms with Crippen LogP contribution in [0.3, 0.4) is 0 Å². The molecule has 0 aliphatic rings. The van der Waals surface area contributed by atoms with Gasteiger partial charge in [0.15, 0.2) is 0 Å². The van der Waals surface area contributed by atoms with Crippen molar-refractivity contribution in [3.8, 4) is 0 Å². The summed E-state index contributed by atoms with van der Waals surface area (Å²) in [6, 6.07) is 7.99. The van der Waals surface area contributed by atoms with Crippen molar-refractivity contribution in [3.63, 3.8) is 0 Å². The molecule has 1 rings (SSSR count). The van der Waals surface area contributed by atoms with Crippen LogP contribution in [-0.2, 0) is 16.7 Å². The molecule has 0 unspecified atom stereocenters. The lowest BCUT2D eigenvalue weighted by Crippen LogP contribution is -2.21. The standard InChI is InChI=1S/C12H17NO2S/c1-3-13(4-2)12-7-5-6-11(10-12)8-9-16(14)15/h5-7,9-10H,3-4,8H2,1-2H3. The Morgan fingerprint density at radius 3 is 2.50 bits per heavy atom. The normalized spacial score (nSPS) is 9.88. The maximum Gasteiger partial charge on any atom is 0.210 e. The lowest BCUT2D eigenvalue weighted by molar-refractivity contribution is 0.627. The predicted octanol–water partition coefficient (Wildman–Crippen LogP) is 1.76. The molecule has 0 atom stereocenters. The van der Waals surface area contributed by atoms with Gasteiger partial charge in [0.05, 0.1) is 0 Å². The lowest BCUT2D eigenvalue weighted by Gasteiger charge is -2.21. The minimum atomic E-state index is -2.08. The van der Waals surface area contributed by atoms with E-state index < -0.39 is 10.3 Å². The van der Waals surface area contributed by atoms with Gasteiger partial charge in [-0.3, -0.25) is 0 Å². The minimum absolute atomic E-state index is 0.464. The number of hydrogen-bond acceptors (Lipinski definition) is 3. The summed E-state index contributed by atoms with van der Waals surface area (Å²) in [5, 5.41) is 1.28. The minimum Gasteiger partial charge on any atom is -0.372 e. The zero-order valence-corrected chi connectivity index (χ0v) is 10.5. The van der Waals surface area contributed by atoms with Gasteiger partial charge < -0.3 is 4.90 Å². The van der Waals surface area contributed by atoms with Crippen LogP contribution in [0.25, 0.3) is 0 Å². The second kappa shape index (κ2) is 6.33. The molecule has 0 N–H and O–H groups in total. The zero-order valence-electron chi connectivity index (χ0n) is 9.68. The van der Waals surface area contributed by atoms with Crippen LogP contribution >= 0.6 is 0 Å². The van der Waals surface area contributed by atoms with E-state index in [4.69, 9.17) is 0 Å². The molecule has 0 fully saturated rings. The first-order valence-electron chi connectivity index (χ1n) is 5.42. The molecule has 0 saturated carbocycles. The molecule has 0 aromatic heterocycles. The van der Waals surface area contributed by atoms with Crippen LogP contribution in [0.4, 0.5) is 5.69 Å². The van der Waals surface area contributed by atoms with Crippen molar-refractivity contribution in [1.29, 1.82) is 0 Å². The van der Waals surface area contributed by atoms with E-state index in [9.17, 15) is 8.42 Å². The molecule has 0 aliphatic carbocycles. The van der Waals surface area contributed by atoms with Crippen molar-refractivity contribution in [2.24, 2.45) is 0 Å². The highest BCUT2D eigenvalue weighted by Gasteiger charge is 2.01. The molecule has 3 nitrogen and oxygen atoms in total. The highest BCUT2D eigenvalue weighted by Crippen LogP contribution is 2.15. The van der Waals surface area contributed by atoms with E-state index in [1.54, 1.807) is 0 Å². The quantitative estimate of drug-likeness (QED) is 0.735. The van der Waals surface area contributed by atoms with Crippen molar-refractivity contribution < 1.29 is 8.42 Å². The second-order valence-electron chi connectivity index (χ2n) is 3.47. The summed E-state index contributed by atoms with van der Waals surface area (Å²) in [7, 11) is -2.08. The van der Waals surface area contributed by atoms with Gasteiger partial charge in [-0.25, -0.2) is 0 Å². The van der Waals surface area contributed by atoms with E-state index in [1.807, 2.05) is 24.3 Å². The Hall–Kier alpha value is -1.29. The van der Waals surface area contributed by atoms with Gasteiger partial charge in [-0.15, -0.1) is 0 Å². The summed E-state index contributed by atoms with van der Waals surface area (Å²) >= 11 is 0. The van der Waals surface area contributed by atoms with E-state index in [0.717, 1.165) is 24.3 Å². The average Bonchev–Trinajstić information content (AvgIpc) is 2.29. The molecule has 1 aromatic rings. The van der Waals surface area contributed by atoms with Gasteiger partial charge in [0, 0.05) is 30.6 Å². The number of rotatable bonds is 5. The first kappa shape index (κ1) is 12.8. The van der Waals surface area contributed by atoms with Crippen molar-refractivity contribution >= 4 is 21.3 Å². The Kier molecular flexibility index (Phi) is 5.05. The molecule has 16 heavy (non-hydrogen) atoms. The van der Waals surface area contributed by atoms with Gasteiger partial charge in [-0.1, -0.05) is 12.1 Å². The fourth-order valence-corrected chi connectivity index (χ4v) is 1.96. The Balaban J connectivity index is 2.90. The van der Waals surface area contributed by atoms with Crippen LogP contribution in [0.1, 0.15) is 19.4 Å². The molecule has 0 amide bonds. The predicted molar refractivity (Wildman–Crippen MR) is 68.7 cm³/mol. The molecular weight excluding hydrogens is 222 g/mol. The topological polar surface area (TPSA) is 37.4 Å². The molecule has 0 saturated heterocycles. The molecule has 0 bridgehead atoms. The fourth-order valence-electron chi connectivity index (χ4n) is 1.63. The van der Waals surface area contributed by atoms with E-state index in [0.29, 0.717) is 6.42 Å². The summed E-state index contributed by atoms with van der Waals surface area (Å²) in [6.45, 7) is 6.12. The summed E-state index contributed by atoms with van der Waals surface area (Å²) in [5.74, 6) is 0. The Morgan fingerprint density at radius 2 is 1.94 bits per heavy atom. The van der Waals surface area contributed by atoms with Crippen LogP contribution in [0.15, 0.2) is 24.3 Å². The number of hydrogen-bond donors (Lipinski definition) is 0. The molecule has 0 spiro atoms. The Labute approximate surface area is 98.2 Å². The van der Waals surface area contributed by atoms with Crippen molar-refractivity contribution in [3.05, 3.63) is 29.8 Å². The Morgan fingerprint density at radius 1 is 1.25 bits per heavy atom. The third-order valence-corrected chi connectivity index (χ3v) is 2.93. The van der Waals surface area contributed by atoms with Crippen molar-refractivity contribution in [2.45, 2.75) is 20.3 Å². The summed E-state index contributed by atoms with van der Waals surface area (Å²) in [4.78, 5) is 2.23. The van der Waals surface area contributed by atoms with Gasteiger partial charge in [0.25, 0.3) is 0 Å². The Bertz CT molecular complexity index is 454. The van der Waals surface area contributed by atoms with Gasteiger partial charge in [0.1, 0.15) is 0 Å². The van der Waals surface area contributed by atoms with Gasteiger partial charge in [-0.2, -0.15) is 8.42 Å². The maximum absolute atomic E-state index is 10.4. The largest absolute Gasteiger partial charge is 0.372 e. The van der Waals surface area contributed by atoms with E-state index in [-0.39, 0.29) is 0 Å². The van der Waals surface area contributed by atoms with Crippen LogP contribution in [0, 0.1) is 0 Å². The molecule has 0 heterocycles. The first-order valence-corrected chi connectivity index (χ1v) is 6.56. The summed E-state index contributed by atoms with van der Waals surface area (Å²) < 4.78 is 20.9. The molecule has 88 valence electrons. The van der Waals surface area contributed by atoms with Gasteiger partial charge in [-0.05, 0) is 31.5 Å². The number of anilines is 1. The summed E-state index contributed by atoms with van der Waals surface area (Å²) in [5.41, 5.74) is 2.17. The zero-order chi connectivity index (χ0) is 12.0. The van der Waals surface area contributed by atoms with E-state index >= 15 is 0 Å². The monoisotopic (exact) mass is 239 g/mol. The average molecular weight is 239 g/mol. The number of benzene rings is 1. The maximum atomic E-state index is 10.4. The summed E-state index contributed by atoms with van der Waals surface area (Å²) in [6.07, 6.45) is 0.464.